The van der Waals surface area contributed by atoms with Gasteiger partial charge in [-0.3, -0.25) is 4.79 Å². The first-order valence-corrected chi connectivity index (χ1v) is 12.5. The van der Waals surface area contributed by atoms with Crippen LogP contribution in [0, 0.1) is 5.82 Å². The van der Waals surface area contributed by atoms with Crippen LogP contribution in [0.2, 0.25) is 0 Å². The van der Waals surface area contributed by atoms with Crippen molar-refractivity contribution < 1.29 is 9.18 Å². The number of carbonyl (C=O) groups excluding carboxylic acids is 1. The molecule has 1 amide bonds. The molecule has 0 atom stereocenters. The topological polar surface area (TPSA) is 48.1 Å². The van der Waals surface area contributed by atoms with E-state index in [1.165, 1.54) is 93.1 Å². The minimum absolute atomic E-state index is 0.227. The van der Waals surface area contributed by atoms with Gasteiger partial charge < -0.3 is 15.2 Å². The van der Waals surface area contributed by atoms with Gasteiger partial charge in [-0.15, -0.1) is 0 Å². The lowest BCUT2D eigenvalue weighted by atomic mass is 9.89. The number of H-pyrrole nitrogens is 1. The first kappa shape index (κ1) is 23.5. The van der Waals surface area contributed by atoms with Crippen molar-refractivity contribution >= 4 is 22.5 Å². The molecule has 2 N–H and O–H groups in total. The predicted octanol–water partition coefficient (Wildman–Crippen LogP) is 7.10. The Kier molecular flexibility index (Phi) is 8.16. The molecule has 0 radical (unpaired) electrons. The molecule has 1 fully saturated rings. The van der Waals surface area contributed by atoms with E-state index < -0.39 is 0 Å². The highest BCUT2D eigenvalue weighted by Crippen LogP contribution is 2.34. The van der Waals surface area contributed by atoms with Crippen LogP contribution in [0.15, 0.2) is 48.7 Å². The van der Waals surface area contributed by atoms with E-state index in [9.17, 15) is 9.18 Å². The lowest BCUT2D eigenvalue weighted by molar-refractivity contribution is 0.102. The highest BCUT2D eigenvalue weighted by Gasteiger charge is 2.22. The van der Waals surface area contributed by atoms with Gasteiger partial charge in [0.15, 0.2) is 0 Å². The van der Waals surface area contributed by atoms with Crippen molar-refractivity contribution in [3.8, 4) is 0 Å². The first-order chi connectivity index (χ1) is 16.1. The summed E-state index contributed by atoms with van der Waals surface area (Å²) in [5, 5.41) is 4.14. The molecule has 1 aromatic heterocycles. The summed E-state index contributed by atoms with van der Waals surface area (Å²) in [6.07, 6.45) is 12.6. The molecule has 176 valence electrons. The number of nitrogens with one attached hydrogen (secondary N) is 2. The molecule has 0 spiro atoms. The summed E-state index contributed by atoms with van der Waals surface area (Å²) in [6.45, 7) is 5.82. The van der Waals surface area contributed by atoms with E-state index in [-0.39, 0.29) is 11.7 Å². The quantitative estimate of drug-likeness (QED) is 0.324. The van der Waals surface area contributed by atoms with Crippen LogP contribution in [-0.2, 0) is 0 Å². The van der Waals surface area contributed by atoms with Gasteiger partial charge in [0.05, 0.1) is 0 Å². The highest BCUT2D eigenvalue weighted by atomic mass is 19.1. The minimum Gasteiger partial charge on any atom is -0.361 e. The second-order valence-corrected chi connectivity index (χ2v) is 9.35. The molecule has 33 heavy (non-hydrogen) atoms. The standard InChI is InChI=1S/C28H36FN3O/c1-2-3-4-5-6-7-16-32-17-14-21(15-18-32)26-20-30-27-13-12-24(19-25(26)27)31-28(33)22-8-10-23(29)11-9-22/h8-13,19-21,30H,2-7,14-18H2,1H3,(H,31,33). The summed E-state index contributed by atoms with van der Waals surface area (Å²) in [7, 11) is 0. The first-order valence-electron chi connectivity index (χ1n) is 12.5. The van der Waals surface area contributed by atoms with Crippen molar-refractivity contribution in [2.45, 2.75) is 64.2 Å². The van der Waals surface area contributed by atoms with Crippen LogP contribution in [-0.4, -0.2) is 35.4 Å². The molecule has 4 nitrogen and oxygen atoms in total. The maximum absolute atomic E-state index is 13.1. The number of halogens is 1. The summed E-state index contributed by atoms with van der Waals surface area (Å²) >= 11 is 0. The van der Waals surface area contributed by atoms with Crippen LogP contribution in [0.4, 0.5) is 10.1 Å². The fourth-order valence-electron chi connectivity index (χ4n) is 4.95. The second kappa shape index (κ2) is 11.5. The van der Waals surface area contributed by atoms with Crippen LogP contribution >= 0.6 is 0 Å². The Hall–Kier alpha value is -2.66. The van der Waals surface area contributed by atoms with Gasteiger partial charge in [0.2, 0.25) is 0 Å². The molecule has 1 aliphatic rings. The fourth-order valence-corrected chi connectivity index (χ4v) is 4.95. The Morgan fingerprint density at radius 3 is 2.52 bits per heavy atom. The van der Waals surface area contributed by atoms with Crippen molar-refractivity contribution in [3.05, 3.63) is 65.6 Å². The number of nitrogens with zero attached hydrogens (tertiary/aromatic N) is 1. The number of benzene rings is 2. The summed E-state index contributed by atoms with van der Waals surface area (Å²) in [5.41, 5.74) is 3.66. The Bertz CT molecular complexity index is 1030. The molecular weight excluding hydrogens is 413 g/mol. The molecule has 0 bridgehead atoms. The minimum atomic E-state index is -0.344. The third kappa shape index (κ3) is 6.23. The second-order valence-electron chi connectivity index (χ2n) is 9.35. The summed E-state index contributed by atoms with van der Waals surface area (Å²) in [4.78, 5) is 18.6. The molecule has 3 aromatic rings. The molecule has 2 aromatic carbocycles. The molecule has 0 unspecified atom stereocenters. The van der Waals surface area contributed by atoms with Crippen molar-refractivity contribution in [2.75, 3.05) is 25.0 Å². The maximum atomic E-state index is 13.1. The number of fused-ring (bicyclic) bond motifs is 1. The molecule has 0 saturated carbocycles. The molecule has 2 heterocycles. The molecule has 5 heteroatoms. The number of unbranched alkanes of at least 4 members (excludes halogenated alkanes) is 5. The number of amides is 1. The Morgan fingerprint density at radius 2 is 1.76 bits per heavy atom. The van der Waals surface area contributed by atoms with Crippen LogP contribution in [0.25, 0.3) is 10.9 Å². The summed E-state index contributed by atoms with van der Waals surface area (Å²) in [6, 6.07) is 11.6. The summed E-state index contributed by atoms with van der Waals surface area (Å²) < 4.78 is 13.1. The average Bonchev–Trinajstić information content (AvgIpc) is 3.25. The monoisotopic (exact) mass is 449 g/mol. The number of carbonyl (C=O) groups is 1. The van der Waals surface area contributed by atoms with Crippen LogP contribution in [0.3, 0.4) is 0 Å². The third-order valence-electron chi connectivity index (χ3n) is 6.93. The number of aromatic nitrogens is 1. The Morgan fingerprint density at radius 1 is 1.03 bits per heavy atom. The Balaban J connectivity index is 1.33. The zero-order valence-electron chi connectivity index (χ0n) is 19.7. The van der Waals surface area contributed by atoms with E-state index >= 15 is 0 Å². The molecular formula is C28H36FN3O. The van der Waals surface area contributed by atoms with Gasteiger partial charge in [-0.05, 0) is 92.8 Å². The van der Waals surface area contributed by atoms with Gasteiger partial charge in [-0.2, -0.15) is 0 Å². The van der Waals surface area contributed by atoms with Gasteiger partial charge >= 0.3 is 0 Å². The number of rotatable bonds is 10. The van der Waals surface area contributed by atoms with Gasteiger partial charge in [0, 0.05) is 28.4 Å². The van der Waals surface area contributed by atoms with Gasteiger partial charge in [-0.25, -0.2) is 4.39 Å². The average molecular weight is 450 g/mol. The number of anilines is 1. The fraction of sp³-hybridized carbons (Fsp3) is 0.464. The zero-order chi connectivity index (χ0) is 23.0. The predicted molar refractivity (Wildman–Crippen MR) is 134 cm³/mol. The number of likely N-dealkylation sites (tertiary alicyclic amines) is 1. The molecule has 4 rings (SSSR count). The van der Waals surface area contributed by atoms with Crippen LogP contribution < -0.4 is 5.32 Å². The molecule has 1 saturated heterocycles. The van der Waals surface area contributed by atoms with E-state index in [0.717, 1.165) is 24.3 Å². The lowest BCUT2D eigenvalue weighted by Gasteiger charge is -2.32. The van der Waals surface area contributed by atoms with Gasteiger partial charge in [0.1, 0.15) is 5.82 Å². The van der Waals surface area contributed by atoms with E-state index in [0.29, 0.717) is 11.5 Å². The van der Waals surface area contributed by atoms with E-state index in [1.54, 1.807) is 0 Å². The number of aromatic amines is 1. The summed E-state index contributed by atoms with van der Waals surface area (Å²) in [5.74, 6) is -0.0278. The number of piperidine rings is 1. The van der Waals surface area contributed by atoms with Crippen molar-refractivity contribution in [1.82, 2.24) is 9.88 Å². The van der Waals surface area contributed by atoms with Crippen molar-refractivity contribution in [2.24, 2.45) is 0 Å². The SMILES string of the molecule is CCCCCCCCN1CCC(c2c[nH]c3ccc(NC(=O)c4ccc(F)cc4)cc23)CC1. The highest BCUT2D eigenvalue weighted by molar-refractivity contribution is 6.05. The largest absolute Gasteiger partial charge is 0.361 e. The Labute approximate surface area is 196 Å². The molecule has 1 aliphatic heterocycles. The van der Waals surface area contributed by atoms with E-state index in [2.05, 4.69) is 34.4 Å². The maximum Gasteiger partial charge on any atom is 0.255 e. The number of hydrogen-bond acceptors (Lipinski definition) is 2. The van der Waals surface area contributed by atoms with E-state index in [4.69, 9.17) is 0 Å². The van der Waals surface area contributed by atoms with Crippen molar-refractivity contribution in [1.29, 1.82) is 0 Å². The van der Waals surface area contributed by atoms with Gasteiger partial charge in [-0.1, -0.05) is 39.0 Å². The smallest absolute Gasteiger partial charge is 0.255 e. The zero-order valence-corrected chi connectivity index (χ0v) is 19.7. The van der Waals surface area contributed by atoms with Gasteiger partial charge in [0.25, 0.3) is 5.91 Å². The number of hydrogen-bond donors (Lipinski definition) is 2. The lowest BCUT2D eigenvalue weighted by Crippen LogP contribution is -2.33. The van der Waals surface area contributed by atoms with E-state index in [1.807, 2.05) is 12.1 Å². The third-order valence-corrected chi connectivity index (χ3v) is 6.93. The van der Waals surface area contributed by atoms with Crippen molar-refractivity contribution in [3.63, 3.8) is 0 Å². The molecule has 0 aliphatic carbocycles. The van der Waals surface area contributed by atoms with Crippen LogP contribution in [0.1, 0.15) is 80.1 Å². The normalized spacial score (nSPS) is 15.2. The van der Waals surface area contributed by atoms with Crippen LogP contribution in [0.5, 0.6) is 0 Å².